The third kappa shape index (κ3) is 4.37. The highest BCUT2D eigenvalue weighted by Gasteiger charge is 2.29. The molecule has 0 aromatic carbocycles. The number of ether oxygens (including phenoxy) is 1. The van der Waals surface area contributed by atoms with Gasteiger partial charge in [0.25, 0.3) is 0 Å². The Morgan fingerprint density at radius 3 is 2.81 bits per heavy atom. The van der Waals surface area contributed by atoms with E-state index in [2.05, 4.69) is 22.1 Å². The van der Waals surface area contributed by atoms with Gasteiger partial charge in [-0.2, -0.15) is 9.40 Å². The molecule has 7 nitrogen and oxygen atoms in total. The number of methoxy groups -OCH3 is 1. The predicted octanol–water partition coefficient (Wildman–Crippen LogP) is 0.651. The number of aromatic amines is 1. The van der Waals surface area contributed by atoms with Gasteiger partial charge in [0, 0.05) is 26.7 Å². The van der Waals surface area contributed by atoms with E-state index in [1.165, 1.54) is 4.31 Å². The van der Waals surface area contributed by atoms with Crippen LogP contribution in [0.5, 0.6) is 0 Å². The second-order valence-corrected chi connectivity index (χ2v) is 6.42. The fraction of sp³-hybridized carbons (Fsp3) is 0.615. The minimum Gasteiger partial charge on any atom is -0.383 e. The van der Waals surface area contributed by atoms with Crippen LogP contribution in [0.3, 0.4) is 0 Å². The van der Waals surface area contributed by atoms with Crippen LogP contribution in [-0.2, 0) is 21.3 Å². The quantitative estimate of drug-likeness (QED) is 0.619. The second-order valence-electron chi connectivity index (χ2n) is 4.55. The van der Waals surface area contributed by atoms with Crippen molar-refractivity contribution in [2.24, 2.45) is 0 Å². The van der Waals surface area contributed by atoms with Gasteiger partial charge in [-0.3, -0.25) is 5.10 Å². The van der Waals surface area contributed by atoms with Gasteiger partial charge >= 0.3 is 0 Å². The summed E-state index contributed by atoms with van der Waals surface area (Å²) in [5.74, 6) is 0. The van der Waals surface area contributed by atoms with Gasteiger partial charge in [0.1, 0.15) is 4.90 Å². The monoisotopic (exact) mass is 316 g/mol. The zero-order chi connectivity index (χ0) is 15.9. The Balaban J connectivity index is 3.14. The summed E-state index contributed by atoms with van der Waals surface area (Å²) < 4.78 is 32.0. The molecule has 0 spiro atoms. The summed E-state index contributed by atoms with van der Waals surface area (Å²) >= 11 is 0. The second kappa shape index (κ2) is 8.28. The van der Waals surface area contributed by atoms with Gasteiger partial charge in [-0.25, -0.2) is 8.42 Å². The Morgan fingerprint density at radius 2 is 2.24 bits per heavy atom. The number of hydrogen-bond donors (Lipinski definition) is 2. The molecule has 0 unspecified atom stereocenters. The van der Waals surface area contributed by atoms with Gasteiger partial charge < -0.3 is 10.1 Å². The van der Waals surface area contributed by atoms with Crippen LogP contribution >= 0.6 is 0 Å². The summed E-state index contributed by atoms with van der Waals surface area (Å²) in [5.41, 5.74) is 1.04. The van der Waals surface area contributed by atoms with E-state index in [0.29, 0.717) is 24.5 Å². The van der Waals surface area contributed by atoms with Crippen molar-refractivity contribution in [3.63, 3.8) is 0 Å². The zero-order valence-corrected chi connectivity index (χ0v) is 13.7. The number of aromatic nitrogens is 2. The molecule has 1 heterocycles. The van der Waals surface area contributed by atoms with Crippen molar-refractivity contribution < 1.29 is 13.2 Å². The lowest BCUT2D eigenvalue weighted by Gasteiger charge is -2.20. The van der Waals surface area contributed by atoms with E-state index in [0.717, 1.165) is 6.54 Å². The molecule has 0 saturated heterocycles. The normalized spacial score (nSPS) is 12.0. The van der Waals surface area contributed by atoms with Gasteiger partial charge in [0.2, 0.25) is 10.0 Å². The van der Waals surface area contributed by atoms with Crippen LogP contribution in [0.25, 0.3) is 0 Å². The highest BCUT2D eigenvalue weighted by atomic mass is 32.2. The van der Waals surface area contributed by atoms with Crippen molar-refractivity contribution in [3.8, 4) is 0 Å². The summed E-state index contributed by atoms with van der Waals surface area (Å²) in [4.78, 5) is 0.237. The minimum absolute atomic E-state index is 0.233. The Morgan fingerprint density at radius 1 is 1.52 bits per heavy atom. The standard InChI is InChI=1S/C13H24N4O3S/c1-5-7-17(8-9-20-4)21(18,19)13-11(3)15-16-12(13)10-14-6-2/h5,14H,1,6-10H2,2-4H3,(H,15,16). The van der Waals surface area contributed by atoms with Crippen LogP contribution in [-0.4, -0.2) is 56.3 Å². The predicted molar refractivity (Wildman–Crippen MR) is 81.5 cm³/mol. The maximum Gasteiger partial charge on any atom is 0.247 e. The van der Waals surface area contributed by atoms with Crippen molar-refractivity contribution in [2.45, 2.75) is 25.3 Å². The smallest absolute Gasteiger partial charge is 0.247 e. The van der Waals surface area contributed by atoms with Crippen LogP contribution in [0, 0.1) is 6.92 Å². The van der Waals surface area contributed by atoms with Crippen molar-refractivity contribution >= 4 is 10.0 Å². The maximum absolute atomic E-state index is 12.8. The van der Waals surface area contributed by atoms with Gasteiger partial charge in [0.15, 0.2) is 0 Å². The van der Waals surface area contributed by atoms with Crippen molar-refractivity contribution in [2.75, 3.05) is 33.4 Å². The number of sulfonamides is 1. The molecular formula is C13H24N4O3S. The molecule has 0 bridgehead atoms. The average molecular weight is 316 g/mol. The first-order valence-corrected chi connectivity index (χ1v) is 8.27. The van der Waals surface area contributed by atoms with Crippen molar-refractivity contribution in [1.29, 1.82) is 0 Å². The number of nitrogens with one attached hydrogen (secondary N) is 2. The minimum atomic E-state index is -3.64. The van der Waals surface area contributed by atoms with Gasteiger partial charge in [-0.15, -0.1) is 6.58 Å². The highest BCUT2D eigenvalue weighted by molar-refractivity contribution is 7.89. The highest BCUT2D eigenvalue weighted by Crippen LogP contribution is 2.22. The summed E-state index contributed by atoms with van der Waals surface area (Å²) in [6, 6.07) is 0. The van der Waals surface area contributed by atoms with Crippen LogP contribution in [0.4, 0.5) is 0 Å². The van der Waals surface area contributed by atoms with E-state index in [1.54, 1.807) is 20.1 Å². The van der Waals surface area contributed by atoms with Crippen LogP contribution < -0.4 is 5.32 Å². The molecule has 0 aliphatic heterocycles. The molecule has 8 heteroatoms. The molecule has 1 rings (SSSR count). The summed E-state index contributed by atoms with van der Waals surface area (Å²) in [6.07, 6.45) is 1.56. The third-order valence-corrected chi connectivity index (χ3v) is 5.05. The van der Waals surface area contributed by atoms with E-state index < -0.39 is 10.0 Å². The lowest BCUT2D eigenvalue weighted by atomic mass is 10.3. The Kier molecular flexibility index (Phi) is 7.03. The zero-order valence-electron chi connectivity index (χ0n) is 12.8. The molecule has 0 amide bonds. The third-order valence-electron chi connectivity index (χ3n) is 2.98. The van der Waals surface area contributed by atoms with Gasteiger partial charge in [0.05, 0.1) is 18.0 Å². The molecular weight excluding hydrogens is 292 g/mol. The molecule has 0 aliphatic carbocycles. The van der Waals surface area contributed by atoms with E-state index in [-0.39, 0.29) is 18.0 Å². The number of nitrogens with zero attached hydrogens (tertiary/aromatic N) is 2. The summed E-state index contributed by atoms with van der Waals surface area (Å²) in [6.45, 7) is 9.25. The van der Waals surface area contributed by atoms with Crippen LogP contribution in [0.15, 0.2) is 17.6 Å². The molecule has 0 atom stereocenters. The first-order valence-electron chi connectivity index (χ1n) is 6.83. The van der Waals surface area contributed by atoms with Crippen LogP contribution in [0.1, 0.15) is 18.3 Å². The number of rotatable bonds is 10. The van der Waals surface area contributed by atoms with E-state index >= 15 is 0 Å². The molecule has 2 N–H and O–H groups in total. The topological polar surface area (TPSA) is 87.3 Å². The number of aryl methyl sites for hydroxylation is 1. The largest absolute Gasteiger partial charge is 0.383 e. The maximum atomic E-state index is 12.8. The SMILES string of the molecule is C=CCN(CCOC)S(=O)(=O)c1c(CNCC)n[nH]c1C. The first-order chi connectivity index (χ1) is 9.98. The Hall–Kier alpha value is -1.22. The van der Waals surface area contributed by atoms with Gasteiger partial charge in [-0.1, -0.05) is 13.0 Å². The number of hydrogen-bond acceptors (Lipinski definition) is 5. The number of H-pyrrole nitrogens is 1. The Labute approximate surface area is 126 Å². The van der Waals surface area contributed by atoms with Crippen molar-refractivity contribution in [1.82, 2.24) is 19.8 Å². The van der Waals surface area contributed by atoms with E-state index in [1.807, 2.05) is 6.92 Å². The molecule has 0 aliphatic rings. The molecule has 0 radical (unpaired) electrons. The Bertz CT molecular complexity index is 554. The summed E-state index contributed by atoms with van der Waals surface area (Å²) in [5, 5.41) is 9.94. The lowest BCUT2D eigenvalue weighted by Crippen LogP contribution is -2.35. The van der Waals surface area contributed by atoms with Crippen LogP contribution in [0.2, 0.25) is 0 Å². The molecule has 0 saturated carbocycles. The first kappa shape index (κ1) is 17.8. The fourth-order valence-corrected chi connectivity index (χ4v) is 3.67. The average Bonchev–Trinajstić information content (AvgIpc) is 2.82. The van der Waals surface area contributed by atoms with Gasteiger partial charge in [-0.05, 0) is 13.5 Å². The molecule has 0 fully saturated rings. The molecule has 21 heavy (non-hydrogen) atoms. The lowest BCUT2D eigenvalue weighted by molar-refractivity contribution is 0.182. The van der Waals surface area contributed by atoms with E-state index in [4.69, 9.17) is 4.74 Å². The fourth-order valence-electron chi connectivity index (χ4n) is 1.95. The molecule has 120 valence electrons. The van der Waals surface area contributed by atoms with Crippen molar-refractivity contribution in [3.05, 3.63) is 24.0 Å². The summed E-state index contributed by atoms with van der Waals surface area (Å²) in [7, 11) is -2.10. The molecule has 1 aromatic rings. The molecule has 1 aromatic heterocycles. The van der Waals surface area contributed by atoms with E-state index in [9.17, 15) is 8.42 Å².